The molecule has 1 atom stereocenters. The summed E-state index contributed by atoms with van der Waals surface area (Å²) in [5.74, 6) is -0.809. The molecule has 0 aliphatic carbocycles. The van der Waals surface area contributed by atoms with Gasteiger partial charge in [0.05, 0.1) is 13.2 Å². The highest BCUT2D eigenvalue weighted by Crippen LogP contribution is 2.35. The Balaban J connectivity index is 2.13. The van der Waals surface area contributed by atoms with Crippen LogP contribution in [0.1, 0.15) is 24.2 Å². The zero-order valence-corrected chi connectivity index (χ0v) is 12.4. The third-order valence-electron chi connectivity index (χ3n) is 4.03. The Kier molecular flexibility index (Phi) is 3.60. The van der Waals surface area contributed by atoms with Crippen LogP contribution in [0.15, 0.2) is 24.3 Å². The van der Waals surface area contributed by atoms with Crippen molar-refractivity contribution in [2.45, 2.75) is 20.4 Å². The lowest BCUT2D eigenvalue weighted by Gasteiger charge is -2.26. The number of carboxylic acids is 1. The van der Waals surface area contributed by atoms with Crippen molar-refractivity contribution in [3.63, 3.8) is 0 Å². The van der Waals surface area contributed by atoms with Crippen LogP contribution in [-0.4, -0.2) is 27.5 Å². The smallest absolute Gasteiger partial charge is 0.343 e. The average molecular weight is 304 g/mol. The number of halogens is 1. The Labute approximate surface area is 127 Å². The van der Waals surface area contributed by atoms with Gasteiger partial charge in [-0.15, -0.1) is 0 Å². The maximum atomic E-state index is 14.0. The first-order valence-electron chi connectivity index (χ1n) is 7.20. The van der Waals surface area contributed by atoms with Crippen molar-refractivity contribution in [3.8, 4) is 17.1 Å². The van der Waals surface area contributed by atoms with E-state index in [0.717, 1.165) is 0 Å². The second kappa shape index (κ2) is 5.44. The van der Waals surface area contributed by atoms with Crippen LogP contribution in [0, 0.1) is 17.7 Å². The number of carboxylic acid groups (broad SMARTS) is 1. The predicted molar refractivity (Wildman–Crippen MR) is 78.4 cm³/mol. The summed E-state index contributed by atoms with van der Waals surface area (Å²) < 4.78 is 21.2. The highest BCUT2D eigenvalue weighted by Gasteiger charge is 2.32. The summed E-state index contributed by atoms with van der Waals surface area (Å²) in [5.41, 5.74) is 0.212. The van der Waals surface area contributed by atoms with Crippen LogP contribution in [0.3, 0.4) is 0 Å². The van der Waals surface area contributed by atoms with E-state index in [0.29, 0.717) is 19.1 Å². The number of carbonyl (C=O) groups is 1. The first kappa shape index (κ1) is 14.6. The number of hydrogen-bond acceptors (Lipinski definition) is 3. The molecule has 0 saturated carbocycles. The van der Waals surface area contributed by atoms with Crippen LogP contribution in [0.25, 0.3) is 11.3 Å². The van der Waals surface area contributed by atoms with E-state index in [4.69, 9.17) is 4.74 Å². The summed E-state index contributed by atoms with van der Waals surface area (Å²) in [6.45, 7) is 5.18. The molecular weight excluding hydrogens is 287 g/mol. The van der Waals surface area contributed by atoms with Crippen LogP contribution in [0.5, 0.6) is 5.88 Å². The van der Waals surface area contributed by atoms with Crippen LogP contribution < -0.4 is 4.74 Å². The minimum Gasteiger partial charge on any atom is -0.477 e. The van der Waals surface area contributed by atoms with Crippen LogP contribution in [-0.2, 0) is 6.54 Å². The third-order valence-corrected chi connectivity index (χ3v) is 4.03. The van der Waals surface area contributed by atoms with Crippen LogP contribution >= 0.6 is 0 Å². The molecule has 2 aromatic rings. The van der Waals surface area contributed by atoms with E-state index in [2.05, 4.69) is 18.9 Å². The van der Waals surface area contributed by atoms with Crippen molar-refractivity contribution in [1.29, 1.82) is 0 Å². The van der Waals surface area contributed by atoms with Gasteiger partial charge in [-0.1, -0.05) is 26.0 Å². The molecule has 0 fully saturated rings. The van der Waals surface area contributed by atoms with E-state index in [1.165, 1.54) is 12.1 Å². The van der Waals surface area contributed by atoms with Gasteiger partial charge in [0.1, 0.15) is 17.1 Å². The summed E-state index contributed by atoms with van der Waals surface area (Å²) >= 11 is 0. The van der Waals surface area contributed by atoms with Crippen molar-refractivity contribution >= 4 is 5.97 Å². The summed E-state index contributed by atoms with van der Waals surface area (Å²) in [6.07, 6.45) is 0. The maximum absolute atomic E-state index is 14.0. The molecule has 0 radical (unpaired) electrons. The molecule has 1 N–H and O–H groups in total. The highest BCUT2D eigenvalue weighted by atomic mass is 19.1. The van der Waals surface area contributed by atoms with Crippen molar-refractivity contribution in [2.24, 2.45) is 11.8 Å². The van der Waals surface area contributed by atoms with E-state index in [1.807, 2.05) is 0 Å². The number of benzene rings is 1. The fourth-order valence-corrected chi connectivity index (χ4v) is 2.62. The molecule has 1 aromatic heterocycles. The zero-order valence-electron chi connectivity index (χ0n) is 12.4. The highest BCUT2D eigenvalue weighted by molar-refractivity contribution is 5.97. The van der Waals surface area contributed by atoms with E-state index < -0.39 is 11.8 Å². The third kappa shape index (κ3) is 2.34. The molecule has 0 amide bonds. The van der Waals surface area contributed by atoms with Crippen molar-refractivity contribution in [2.75, 3.05) is 6.61 Å². The van der Waals surface area contributed by atoms with Crippen molar-refractivity contribution in [1.82, 2.24) is 9.78 Å². The molecule has 116 valence electrons. The molecule has 1 unspecified atom stereocenters. The Morgan fingerprint density at radius 1 is 1.45 bits per heavy atom. The number of aromatic nitrogens is 2. The van der Waals surface area contributed by atoms with Gasteiger partial charge in [-0.05, 0) is 18.1 Å². The second-order valence-electron chi connectivity index (χ2n) is 5.81. The van der Waals surface area contributed by atoms with Crippen molar-refractivity contribution < 1.29 is 19.0 Å². The maximum Gasteiger partial charge on any atom is 0.343 e. The molecule has 3 rings (SSSR count). The van der Waals surface area contributed by atoms with Gasteiger partial charge in [0.2, 0.25) is 5.88 Å². The summed E-state index contributed by atoms with van der Waals surface area (Å²) in [4.78, 5) is 11.6. The van der Waals surface area contributed by atoms with E-state index in [9.17, 15) is 14.3 Å². The van der Waals surface area contributed by atoms with Gasteiger partial charge in [0, 0.05) is 11.5 Å². The second-order valence-corrected chi connectivity index (χ2v) is 5.81. The fraction of sp³-hybridized carbons (Fsp3) is 0.375. The summed E-state index contributed by atoms with van der Waals surface area (Å²) in [5, 5.41) is 13.8. The molecule has 1 aromatic carbocycles. The first-order valence-corrected chi connectivity index (χ1v) is 7.20. The van der Waals surface area contributed by atoms with E-state index in [-0.39, 0.29) is 28.6 Å². The number of aromatic carboxylic acids is 1. The Bertz CT molecular complexity index is 724. The van der Waals surface area contributed by atoms with E-state index >= 15 is 0 Å². The molecule has 2 heterocycles. The summed E-state index contributed by atoms with van der Waals surface area (Å²) in [7, 11) is 0. The van der Waals surface area contributed by atoms with Gasteiger partial charge in [-0.2, -0.15) is 5.10 Å². The molecule has 0 spiro atoms. The molecule has 0 saturated heterocycles. The van der Waals surface area contributed by atoms with Gasteiger partial charge in [0.25, 0.3) is 0 Å². The SMILES string of the molecule is CC(C)C1COc2c(C(=O)O)c(-c3ccccc3F)nn2C1. The van der Waals surface area contributed by atoms with Gasteiger partial charge in [0.15, 0.2) is 0 Å². The molecule has 1 aliphatic heterocycles. The minimum absolute atomic E-state index is 0.0766. The molecule has 6 heteroatoms. The average Bonchev–Trinajstić information content (AvgIpc) is 2.85. The lowest BCUT2D eigenvalue weighted by molar-refractivity contribution is 0.0683. The number of fused-ring (bicyclic) bond motifs is 1. The van der Waals surface area contributed by atoms with Gasteiger partial charge in [-0.25, -0.2) is 13.9 Å². The van der Waals surface area contributed by atoms with Gasteiger partial charge >= 0.3 is 5.97 Å². The fourth-order valence-electron chi connectivity index (χ4n) is 2.62. The monoisotopic (exact) mass is 304 g/mol. The first-order chi connectivity index (χ1) is 10.5. The van der Waals surface area contributed by atoms with Crippen LogP contribution in [0.4, 0.5) is 4.39 Å². The molecule has 5 nitrogen and oxygen atoms in total. The number of hydrogen-bond donors (Lipinski definition) is 1. The Morgan fingerprint density at radius 3 is 2.82 bits per heavy atom. The van der Waals surface area contributed by atoms with Crippen LogP contribution in [0.2, 0.25) is 0 Å². The minimum atomic E-state index is -1.16. The number of rotatable bonds is 3. The normalized spacial score (nSPS) is 17.2. The number of ether oxygens (including phenoxy) is 1. The summed E-state index contributed by atoms with van der Waals surface area (Å²) in [6, 6.07) is 6.02. The zero-order chi connectivity index (χ0) is 15.9. The molecular formula is C16H17FN2O3. The Morgan fingerprint density at radius 2 is 2.18 bits per heavy atom. The lowest BCUT2D eigenvalue weighted by atomic mass is 9.96. The van der Waals surface area contributed by atoms with E-state index in [1.54, 1.807) is 16.8 Å². The predicted octanol–water partition coefficient (Wildman–Crippen LogP) is 3.05. The quantitative estimate of drug-likeness (QED) is 0.946. The van der Waals surface area contributed by atoms with Gasteiger partial charge < -0.3 is 9.84 Å². The topological polar surface area (TPSA) is 64.3 Å². The molecule has 1 aliphatic rings. The largest absolute Gasteiger partial charge is 0.477 e. The van der Waals surface area contributed by atoms with Crippen molar-refractivity contribution in [3.05, 3.63) is 35.6 Å². The Hall–Kier alpha value is -2.37. The standard InChI is InChI=1S/C16H17FN2O3/c1-9(2)10-7-19-15(22-8-10)13(16(20)21)14(18-19)11-5-3-4-6-12(11)17/h3-6,9-10H,7-8H2,1-2H3,(H,20,21). The molecule has 22 heavy (non-hydrogen) atoms. The van der Waals surface area contributed by atoms with Gasteiger partial charge in [-0.3, -0.25) is 0 Å². The lowest BCUT2D eigenvalue weighted by Crippen LogP contribution is -2.29. The number of nitrogens with zero attached hydrogens (tertiary/aromatic N) is 2. The molecule has 0 bridgehead atoms.